The van der Waals surface area contributed by atoms with Crippen molar-refractivity contribution in [1.82, 2.24) is 9.88 Å². The van der Waals surface area contributed by atoms with Gasteiger partial charge < -0.3 is 26.2 Å². The second kappa shape index (κ2) is 16.3. The topological polar surface area (TPSA) is 122 Å². The van der Waals surface area contributed by atoms with Crippen LogP contribution in [0, 0.1) is 42.2 Å². The maximum Gasteiger partial charge on any atom is 1.00 e. The summed E-state index contributed by atoms with van der Waals surface area (Å²) in [6, 6.07) is 2.21. The number of carbonyl (C=O) groups is 2. The first kappa shape index (κ1) is 33.4. The molecule has 3 rings (SSSR count). The molecule has 2 amide bonds. The number of nitrogens with zero attached hydrogens (tertiary/aromatic N) is 2. The molecule has 1 saturated carbocycles. The number of pyridine rings is 1. The molecule has 0 aromatic carbocycles. The van der Waals surface area contributed by atoms with Gasteiger partial charge in [0.2, 0.25) is 5.91 Å². The molecule has 1 aliphatic heterocycles. The molecule has 0 spiro atoms. The Hall–Kier alpha value is -2.65. The van der Waals surface area contributed by atoms with Gasteiger partial charge in [0.25, 0.3) is 0 Å². The smallest absolute Gasteiger partial charge is 0.361 e. The maximum atomic E-state index is 12.4. The Morgan fingerprint density at radius 2 is 2.03 bits per heavy atom. The molecule has 38 heavy (non-hydrogen) atoms. The fourth-order valence-corrected chi connectivity index (χ4v) is 4.43. The van der Waals surface area contributed by atoms with E-state index < -0.39 is 5.91 Å². The fraction of sp³-hybridized carbons (Fsp3) is 0.414. The fourth-order valence-electron chi connectivity index (χ4n) is 4.43. The van der Waals surface area contributed by atoms with E-state index in [-0.39, 0.29) is 41.0 Å². The summed E-state index contributed by atoms with van der Waals surface area (Å²) in [6.45, 7) is 20.0. The van der Waals surface area contributed by atoms with Gasteiger partial charge in [0.1, 0.15) is 0 Å². The number of piperidine rings is 1. The van der Waals surface area contributed by atoms with E-state index in [1.54, 1.807) is 19.2 Å². The number of nitrogens with one attached hydrogen (secondary N) is 4. The van der Waals surface area contributed by atoms with Gasteiger partial charge in [0, 0.05) is 12.6 Å². The largest absolute Gasteiger partial charge is 1.00 e. The Labute approximate surface area is 249 Å². The van der Waals surface area contributed by atoms with Gasteiger partial charge in [-0.15, -0.1) is 6.08 Å². The summed E-state index contributed by atoms with van der Waals surface area (Å²) < 4.78 is 0. The summed E-state index contributed by atoms with van der Waals surface area (Å²) in [5.41, 5.74) is 3.04. The molecule has 198 valence electrons. The first-order valence-electron chi connectivity index (χ1n) is 12.5. The minimum absolute atomic E-state index is 0. The van der Waals surface area contributed by atoms with Crippen molar-refractivity contribution >= 4 is 35.6 Å². The summed E-state index contributed by atoms with van der Waals surface area (Å²) in [5, 5.41) is 19.7. The summed E-state index contributed by atoms with van der Waals surface area (Å²) in [6.07, 6.45) is 12.3. The third kappa shape index (κ3) is 9.58. The predicted octanol–water partition coefficient (Wildman–Crippen LogP) is 1.92. The predicted molar refractivity (Wildman–Crippen MR) is 150 cm³/mol. The van der Waals surface area contributed by atoms with Gasteiger partial charge >= 0.3 is 29.6 Å². The average Bonchev–Trinajstić information content (AvgIpc) is 3.51. The van der Waals surface area contributed by atoms with Gasteiger partial charge in [-0.25, -0.2) is 5.57 Å². The third-order valence-electron chi connectivity index (χ3n) is 6.82. The summed E-state index contributed by atoms with van der Waals surface area (Å²) in [5.74, 6) is 0.528. The van der Waals surface area contributed by atoms with Crippen molar-refractivity contribution in [2.45, 2.75) is 52.5 Å². The number of aryl methyl sites for hydroxylation is 1. The van der Waals surface area contributed by atoms with Crippen LogP contribution in [0.2, 0.25) is 0 Å². The van der Waals surface area contributed by atoms with Crippen molar-refractivity contribution in [3.8, 4) is 0 Å². The molecule has 1 aromatic heterocycles. The molecular weight excluding hydrogens is 487 g/mol. The Bertz CT molecular complexity index is 1100. The number of allylic oxidation sites excluding steroid dienone is 4. The molecule has 2 fully saturated rings. The second-order valence-corrected chi connectivity index (χ2v) is 9.46. The monoisotopic (exact) mass is 525 g/mol. The van der Waals surface area contributed by atoms with E-state index in [0.717, 1.165) is 30.7 Å². The van der Waals surface area contributed by atoms with Crippen molar-refractivity contribution in [1.29, 1.82) is 10.8 Å². The number of amides is 2. The van der Waals surface area contributed by atoms with Crippen LogP contribution in [0.15, 0.2) is 48.2 Å². The number of likely N-dealkylation sites (tertiary alicyclic amines) is 1. The average molecular weight is 526 g/mol. The second-order valence-electron chi connectivity index (χ2n) is 9.46. The quantitative estimate of drug-likeness (QED) is 0.116. The van der Waals surface area contributed by atoms with Crippen molar-refractivity contribution in [3.05, 3.63) is 66.6 Å². The van der Waals surface area contributed by atoms with Crippen molar-refractivity contribution in [2.75, 3.05) is 23.7 Å². The van der Waals surface area contributed by atoms with Gasteiger partial charge in [-0.05, 0) is 38.2 Å². The van der Waals surface area contributed by atoms with E-state index in [0.29, 0.717) is 41.1 Å². The van der Waals surface area contributed by atoms with E-state index in [2.05, 4.69) is 46.7 Å². The molecule has 4 N–H and O–H groups in total. The maximum absolute atomic E-state index is 12.4. The first-order valence-corrected chi connectivity index (χ1v) is 12.5. The molecule has 1 aliphatic carbocycles. The number of hydrogen-bond acceptors (Lipinski definition) is 6. The van der Waals surface area contributed by atoms with Gasteiger partial charge in [-0.3, -0.25) is 21.3 Å². The zero-order valence-corrected chi connectivity index (χ0v) is 25.1. The third-order valence-corrected chi connectivity index (χ3v) is 6.82. The van der Waals surface area contributed by atoms with E-state index in [4.69, 9.17) is 17.4 Å². The molecule has 2 aliphatic rings. The van der Waals surface area contributed by atoms with Crippen LogP contribution in [-0.2, 0) is 9.59 Å². The SMILES string of the molecule is C=C[C-]=C(C=N)C(=O)Nc1cc(NC(=O)CN2CC3CCC2C3)cnc1C.[CH-]=C(C(=C)C=N)C(C)CC.[Na+]. The molecular formula is C29H38N6NaO2-. The zero-order valence-electron chi connectivity index (χ0n) is 23.1. The first-order chi connectivity index (χ1) is 17.6. The Morgan fingerprint density at radius 3 is 2.55 bits per heavy atom. The van der Waals surface area contributed by atoms with Crippen LogP contribution in [-0.4, -0.2) is 53.3 Å². The number of carbonyl (C=O) groups excluding carboxylic acids is 2. The number of rotatable bonds is 11. The zero-order chi connectivity index (χ0) is 27.5. The Kier molecular flexibility index (Phi) is 14.4. The summed E-state index contributed by atoms with van der Waals surface area (Å²) >= 11 is 0. The van der Waals surface area contributed by atoms with Crippen LogP contribution in [0.5, 0.6) is 0 Å². The van der Waals surface area contributed by atoms with Crippen molar-refractivity contribution < 1.29 is 39.1 Å². The van der Waals surface area contributed by atoms with Gasteiger partial charge in [-0.1, -0.05) is 44.2 Å². The van der Waals surface area contributed by atoms with Crippen LogP contribution in [0.1, 0.15) is 45.2 Å². The molecule has 2 bridgehead atoms. The molecule has 2 heterocycles. The van der Waals surface area contributed by atoms with Gasteiger partial charge in [-0.2, -0.15) is 24.8 Å². The summed E-state index contributed by atoms with van der Waals surface area (Å²) in [4.78, 5) is 31.1. The van der Waals surface area contributed by atoms with Crippen molar-refractivity contribution in [2.24, 2.45) is 11.8 Å². The molecule has 1 aromatic rings. The summed E-state index contributed by atoms with van der Waals surface area (Å²) in [7, 11) is 0. The van der Waals surface area contributed by atoms with Crippen LogP contribution in [0.4, 0.5) is 11.4 Å². The molecule has 0 radical (unpaired) electrons. The number of aromatic nitrogens is 1. The number of anilines is 2. The Balaban J connectivity index is 0.000000562. The molecule has 3 unspecified atom stereocenters. The molecule has 9 heteroatoms. The molecule has 3 atom stereocenters. The van der Waals surface area contributed by atoms with Crippen LogP contribution in [0.25, 0.3) is 0 Å². The van der Waals surface area contributed by atoms with Crippen molar-refractivity contribution in [3.63, 3.8) is 0 Å². The van der Waals surface area contributed by atoms with E-state index in [1.165, 1.54) is 31.6 Å². The number of fused-ring (bicyclic) bond motifs is 2. The number of hydrogen-bond donors (Lipinski definition) is 4. The standard InChI is InChI=1S/C20H24N5O2.C9H14N.Na/c1-3-4-15(9-21)20(27)24-18-8-16(10-22-13(18)2)23-19(26)12-25-11-14-5-6-17(25)7-14;1-5-7(2)9(4)8(3)6-10;/h3,8-10,14,17,21H,1,5-7,11-12H2,2H3,(H,23,26)(H,24,27);4,6-7,10H,3,5H2,1-2H3;/q2*-1;+1. The van der Waals surface area contributed by atoms with E-state index in [1.807, 2.05) is 6.92 Å². The minimum Gasteiger partial charge on any atom is -0.361 e. The normalized spacial score (nSPS) is 18.7. The molecule has 8 nitrogen and oxygen atoms in total. The Morgan fingerprint density at radius 1 is 1.32 bits per heavy atom. The minimum atomic E-state index is -0.480. The van der Waals surface area contributed by atoms with Crippen LogP contribution >= 0.6 is 0 Å². The van der Waals surface area contributed by atoms with Gasteiger partial charge in [0.05, 0.1) is 29.8 Å². The van der Waals surface area contributed by atoms with E-state index >= 15 is 0 Å². The molecule has 1 saturated heterocycles. The van der Waals surface area contributed by atoms with Crippen LogP contribution in [0.3, 0.4) is 0 Å². The van der Waals surface area contributed by atoms with Crippen LogP contribution < -0.4 is 40.2 Å². The van der Waals surface area contributed by atoms with E-state index in [9.17, 15) is 9.59 Å². The van der Waals surface area contributed by atoms with Gasteiger partial charge in [0.15, 0.2) is 5.91 Å².